The summed E-state index contributed by atoms with van der Waals surface area (Å²) in [5.74, 6) is -2.55. The van der Waals surface area contributed by atoms with Crippen molar-refractivity contribution in [1.29, 1.82) is 0 Å². The molecule has 3 aromatic rings. The first-order valence-electron chi connectivity index (χ1n) is 13.8. The quantitative estimate of drug-likeness (QED) is 0.310. The minimum Gasteiger partial charge on any atom is -0.464 e. The van der Waals surface area contributed by atoms with E-state index in [2.05, 4.69) is 10.3 Å². The lowest BCUT2D eigenvalue weighted by molar-refractivity contribution is 0.0500. The van der Waals surface area contributed by atoms with E-state index in [-0.39, 0.29) is 31.0 Å². The number of esters is 2. The van der Waals surface area contributed by atoms with Crippen molar-refractivity contribution in [2.24, 2.45) is 7.05 Å². The first kappa shape index (κ1) is 31.7. The maximum atomic E-state index is 13.6. The molecule has 0 bridgehead atoms. The number of nitrogens with one attached hydrogen (secondary N) is 1. The lowest BCUT2D eigenvalue weighted by Crippen LogP contribution is -2.41. The Morgan fingerprint density at radius 2 is 1.61 bits per heavy atom. The molecular formula is C31H34N4O9. The van der Waals surface area contributed by atoms with Crippen molar-refractivity contribution in [3.05, 3.63) is 93.7 Å². The van der Waals surface area contributed by atoms with Gasteiger partial charge in [0.1, 0.15) is 18.0 Å². The number of methoxy groups -OCH3 is 1. The van der Waals surface area contributed by atoms with Gasteiger partial charge in [0.15, 0.2) is 5.69 Å². The molecule has 13 heteroatoms. The monoisotopic (exact) mass is 606 g/mol. The normalized spacial score (nSPS) is 16.2. The Kier molecular flexibility index (Phi) is 9.67. The summed E-state index contributed by atoms with van der Waals surface area (Å²) in [6.07, 6.45) is -1.33. The lowest BCUT2D eigenvalue weighted by atomic mass is 10.1. The van der Waals surface area contributed by atoms with Crippen LogP contribution < -0.4 is 15.6 Å². The van der Waals surface area contributed by atoms with E-state index in [1.54, 1.807) is 51.1 Å². The molecule has 1 aliphatic heterocycles. The number of nitrogens with zero attached hydrogens (tertiary/aromatic N) is 3. The van der Waals surface area contributed by atoms with Gasteiger partial charge in [0.05, 0.1) is 24.8 Å². The van der Waals surface area contributed by atoms with Crippen molar-refractivity contribution in [1.82, 2.24) is 19.8 Å². The Labute approximate surface area is 253 Å². The zero-order chi connectivity index (χ0) is 32.0. The summed E-state index contributed by atoms with van der Waals surface area (Å²) < 4.78 is 22.2. The van der Waals surface area contributed by atoms with Crippen molar-refractivity contribution >= 4 is 24.1 Å². The second-order valence-electron chi connectivity index (χ2n) is 11.0. The molecule has 0 saturated carbocycles. The molecule has 4 rings (SSSR count). The summed E-state index contributed by atoms with van der Waals surface area (Å²) >= 11 is 0. The Morgan fingerprint density at radius 3 is 2.23 bits per heavy atom. The number of amides is 2. The van der Waals surface area contributed by atoms with Gasteiger partial charge in [-0.1, -0.05) is 48.5 Å². The highest BCUT2D eigenvalue weighted by Crippen LogP contribution is 2.33. The minimum absolute atomic E-state index is 0.00823. The van der Waals surface area contributed by atoms with Crippen LogP contribution in [0, 0.1) is 0 Å². The second-order valence-corrected chi connectivity index (χ2v) is 11.0. The van der Waals surface area contributed by atoms with Gasteiger partial charge in [-0.05, 0) is 44.9 Å². The maximum absolute atomic E-state index is 13.6. The van der Waals surface area contributed by atoms with E-state index < -0.39 is 58.8 Å². The number of carbonyl (C=O) groups excluding carboxylic acids is 4. The molecule has 1 aromatic heterocycles. The van der Waals surface area contributed by atoms with Gasteiger partial charge in [-0.25, -0.2) is 24.2 Å². The fourth-order valence-electron chi connectivity index (χ4n) is 4.61. The Hall–Kier alpha value is -5.20. The fraction of sp³-hybridized carbons (Fsp3) is 0.355. The number of rotatable bonds is 7. The van der Waals surface area contributed by atoms with Crippen LogP contribution >= 0.6 is 0 Å². The molecule has 1 fully saturated rings. The molecule has 0 radical (unpaired) electrons. The van der Waals surface area contributed by atoms with E-state index in [9.17, 15) is 24.0 Å². The molecule has 1 N–H and O–H groups in total. The van der Waals surface area contributed by atoms with Crippen LogP contribution in [0.4, 0.5) is 9.59 Å². The van der Waals surface area contributed by atoms with Crippen LogP contribution in [0.3, 0.4) is 0 Å². The molecule has 0 aliphatic carbocycles. The van der Waals surface area contributed by atoms with Crippen molar-refractivity contribution in [3.8, 4) is 5.75 Å². The van der Waals surface area contributed by atoms with Crippen molar-refractivity contribution in [2.75, 3.05) is 13.7 Å². The van der Waals surface area contributed by atoms with E-state index in [4.69, 9.17) is 18.9 Å². The molecular weight excluding hydrogens is 572 g/mol. The van der Waals surface area contributed by atoms with Gasteiger partial charge >= 0.3 is 24.1 Å². The van der Waals surface area contributed by atoms with Crippen LogP contribution in [0.2, 0.25) is 0 Å². The highest BCUT2D eigenvalue weighted by molar-refractivity contribution is 5.94. The Morgan fingerprint density at radius 1 is 0.977 bits per heavy atom. The van der Waals surface area contributed by atoms with E-state index >= 15 is 0 Å². The Balaban J connectivity index is 1.70. The molecule has 0 spiro atoms. The summed E-state index contributed by atoms with van der Waals surface area (Å²) in [6, 6.07) is 15.4. The number of carbonyl (C=O) groups is 4. The van der Waals surface area contributed by atoms with Crippen molar-refractivity contribution in [2.45, 2.75) is 51.5 Å². The van der Waals surface area contributed by atoms with Gasteiger partial charge in [-0.2, -0.15) is 0 Å². The summed E-state index contributed by atoms with van der Waals surface area (Å²) in [4.78, 5) is 70.8. The number of likely N-dealkylation sites (tertiary alicyclic amines) is 1. The zero-order valence-electron chi connectivity index (χ0n) is 25.1. The summed E-state index contributed by atoms with van der Waals surface area (Å²) in [7, 11) is 2.46. The molecule has 2 amide bonds. The van der Waals surface area contributed by atoms with Crippen molar-refractivity contribution < 1.29 is 38.1 Å². The molecule has 44 heavy (non-hydrogen) atoms. The molecule has 13 nitrogen and oxygen atoms in total. The number of ether oxygens (including phenoxy) is 4. The molecule has 2 heterocycles. The highest BCUT2D eigenvalue weighted by atomic mass is 16.6. The summed E-state index contributed by atoms with van der Waals surface area (Å²) in [5.41, 5.74) is -1.27. The van der Waals surface area contributed by atoms with Gasteiger partial charge < -0.3 is 24.3 Å². The van der Waals surface area contributed by atoms with Crippen molar-refractivity contribution in [3.63, 3.8) is 0 Å². The topological polar surface area (TPSA) is 155 Å². The first-order chi connectivity index (χ1) is 20.9. The van der Waals surface area contributed by atoms with Gasteiger partial charge in [-0.3, -0.25) is 14.3 Å². The predicted octanol–water partition coefficient (Wildman–Crippen LogP) is 3.76. The first-order valence-corrected chi connectivity index (χ1v) is 13.8. The van der Waals surface area contributed by atoms with Crippen LogP contribution in [-0.4, -0.2) is 63.9 Å². The van der Waals surface area contributed by atoms with Crippen LogP contribution in [0.15, 0.2) is 65.5 Å². The molecule has 2 aromatic carbocycles. The molecule has 232 valence electrons. The largest absolute Gasteiger partial charge is 0.464 e. The summed E-state index contributed by atoms with van der Waals surface area (Å²) in [6.45, 7) is 5.12. The molecule has 2 atom stereocenters. The third-order valence-corrected chi connectivity index (χ3v) is 6.63. The van der Waals surface area contributed by atoms with Gasteiger partial charge in [0.25, 0.3) is 5.56 Å². The molecule has 1 saturated heterocycles. The second kappa shape index (κ2) is 13.4. The van der Waals surface area contributed by atoms with E-state index in [0.717, 1.165) is 17.2 Å². The smallest absolute Gasteiger partial charge is 0.410 e. The van der Waals surface area contributed by atoms with Gasteiger partial charge in [-0.15, -0.1) is 0 Å². The SMILES string of the molecule is COC(=O)c1nc([C@@H]2C[C@H](NC(=O)OC(C)(C)C)CN2C(=O)OCc2ccccc2)n(C)c(=O)c1OC(=O)c1ccccc1. The number of hydrogen-bond donors (Lipinski definition) is 1. The van der Waals surface area contributed by atoms with E-state index in [0.29, 0.717) is 0 Å². The molecule has 0 unspecified atom stereocenters. The summed E-state index contributed by atoms with van der Waals surface area (Å²) in [5, 5.41) is 2.75. The standard InChI is InChI=1S/C31H34N4O9/c1-31(2,3)44-29(39)32-21-16-22(35(17-21)30(40)42-18-19-12-8-6-9-13-19)25-33-23(28(38)41-5)24(26(36)34(25)4)43-27(37)20-14-10-7-11-15-20/h6-15,21-22H,16-18H2,1-5H3,(H,32,39)/t21-,22-/m0/s1. The molecule has 1 aliphatic rings. The third kappa shape index (κ3) is 7.60. The van der Waals surface area contributed by atoms with Gasteiger partial charge in [0.2, 0.25) is 5.75 Å². The number of benzene rings is 2. The number of hydrogen-bond acceptors (Lipinski definition) is 10. The fourth-order valence-corrected chi connectivity index (χ4v) is 4.61. The van der Waals surface area contributed by atoms with Crippen LogP contribution in [-0.2, 0) is 27.9 Å². The maximum Gasteiger partial charge on any atom is 0.410 e. The number of alkyl carbamates (subject to hydrolysis) is 1. The predicted molar refractivity (Wildman–Crippen MR) is 156 cm³/mol. The van der Waals surface area contributed by atoms with Crippen LogP contribution in [0.1, 0.15) is 65.5 Å². The zero-order valence-corrected chi connectivity index (χ0v) is 25.1. The number of aromatic nitrogens is 2. The van der Waals surface area contributed by atoms with E-state index in [1.807, 2.05) is 18.2 Å². The van der Waals surface area contributed by atoms with E-state index in [1.165, 1.54) is 24.1 Å². The highest BCUT2D eigenvalue weighted by Gasteiger charge is 2.42. The van der Waals surface area contributed by atoms with Crippen LogP contribution in [0.5, 0.6) is 5.75 Å². The average molecular weight is 607 g/mol. The Bertz CT molecular complexity index is 1580. The van der Waals surface area contributed by atoms with Crippen LogP contribution in [0.25, 0.3) is 0 Å². The lowest BCUT2D eigenvalue weighted by Gasteiger charge is -2.25. The van der Waals surface area contributed by atoms with Gasteiger partial charge in [0, 0.05) is 13.6 Å². The average Bonchev–Trinajstić information content (AvgIpc) is 3.41. The minimum atomic E-state index is -1.03. The third-order valence-electron chi connectivity index (χ3n) is 6.63.